The van der Waals surface area contributed by atoms with E-state index in [0.717, 1.165) is 55.0 Å². The Kier molecular flexibility index (Phi) is 6.68. The van der Waals surface area contributed by atoms with Crippen LogP contribution in [0.1, 0.15) is 0 Å². The Hall–Kier alpha value is -6.36. The molecule has 0 aliphatic carbocycles. The number of fused-ring (bicyclic) bond motifs is 6. The normalized spacial score (nSPS) is 11.6. The summed E-state index contributed by atoms with van der Waals surface area (Å²) in [6.45, 7) is 0. The molecule has 50 heavy (non-hydrogen) atoms. The van der Waals surface area contributed by atoms with Gasteiger partial charge in [-0.1, -0.05) is 133 Å². The molecule has 0 spiro atoms. The predicted molar refractivity (Wildman–Crippen MR) is 211 cm³/mol. The highest BCUT2D eigenvalue weighted by atomic mass is 32.1. The van der Waals surface area contributed by atoms with Gasteiger partial charge in [0.05, 0.1) is 26.9 Å². The molecule has 0 amide bonds. The van der Waals surface area contributed by atoms with Crippen molar-refractivity contribution in [3.8, 4) is 50.6 Å². The highest BCUT2D eigenvalue weighted by molar-refractivity contribution is 7.26. The number of benzene rings is 7. The molecule has 7 aromatic carbocycles. The fraction of sp³-hybridized carbons (Fsp3) is 0. The van der Waals surface area contributed by atoms with Crippen molar-refractivity contribution in [1.82, 2.24) is 14.5 Å². The van der Waals surface area contributed by atoms with Crippen LogP contribution in [0.2, 0.25) is 0 Å². The molecule has 0 unspecified atom stereocenters. The fourth-order valence-electron chi connectivity index (χ4n) is 7.22. The summed E-state index contributed by atoms with van der Waals surface area (Å²) in [5.41, 5.74) is 12.3. The first-order chi connectivity index (χ1) is 24.8. The summed E-state index contributed by atoms with van der Waals surface area (Å²) in [5.74, 6) is 0.722. The van der Waals surface area contributed by atoms with Crippen molar-refractivity contribution in [3.63, 3.8) is 0 Å². The summed E-state index contributed by atoms with van der Waals surface area (Å²) in [6.07, 6.45) is 0. The molecule has 0 aliphatic heterocycles. The highest BCUT2D eigenvalue weighted by Gasteiger charge is 2.19. The Labute approximate surface area is 293 Å². The number of hydrogen-bond acceptors (Lipinski definition) is 3. The van der Waals surface area contributed by atoms with Crippen LogP contribution < -0.4 is 0 Å². The van der Waals surface area contributed by atoms with E-state index in [1.807, 2.05) is 0 Å². The molecule has 0 radical (unpaired) electrons. The lowest BCUT2D eigenvalue weighted by molar-refractivity contribution is 1.17. The molecule has 0 bridgehead atoms. The largest absolute Gasteiger partial charge is 0.309 e. The molecule has 10 rings (SSSR count). The maximum atomic E-state index is 5.26. The predicted octanol–water partition coefficient (Wildman–Crippen LogP) is 12.6. The smallest absolute Gasteiger partial charge is 0.160 e. The molecule has 0 saturated heterocycles. The molecular formula is C46H29N3S. The van der Waals surface area contributed by atoms with Crippen LogP contribution in [-0.4, -0.2) is 14.5 Å². The molecular weight excluding hydrogens is 627 g/mol. The van der Waals surface area contributed by atoms with Crippen LogP contribution >= 0.6 is 11.3 Å². The average molecular weight is 656 g/mol. The third-order valence-corrected chi connectivity index (χ3v) is 10.8. The zero-order chi connectivity index (χ0) is 33.0. The monoisotopic (exact) mass is 655 g/mol. The zero-order valence-electron chi connectivity index (χ0n) is 27.0. The van der Waals surface area contributed by atoms with Crippen molar-refractivity contribution in [2.24, 2.45) is 0 Å². The minimum atomic E-state index is 0.722. The van der Waals surface area contributed by atoms with Crippen molar-refractivity contribution in [3.05, 3.63) is 176 Å². The Bertz CT molecular complexity index is 2760. The van der Waals surface area contributed by atoms with Gasteiger partial charge in [-0.3, -0.25) is 0 Å². The first-order valence-corrected chi connectivity index (χ1v) is 17.6. The lowest BCUT2D eigenvalue weighted by atomic mass is 10.0. The van der Waals surface area contributed by atoms with E-state index in [1.165, 1.54) is 37.7 Å². The van der Waals surface area contributed by atoms with Gasteiger partial charge in [0.2, 0.25) is 0 Å². The molecule has 3 nitrogen and oxygen atoms in total. The van der Waals surface area contributed by atoms with Gasteiger partial charge >= 0.3 is 0 Å². The first-order valence-electron chi connectivity index (χ1n) is 16.8. The van der Waals surface area contributed by atoms with Gasteiger partial charge in [-0.25, -0.2) is 9.97 Å². The van der Waals surface area contributed by atoms with Gasteiger partial charge in [-0.2, -0.15) is 0 Å². The van der Waals surface area contributed by atoms with E-state index < -0.39 is 0 Å². The van der Waals surface area contributed by atoms with Crippen molar-refractivity contribution >= 4 is 53.4 Å². The van der Waals surface area contributed by atoms with Crippen LogP contribution in [0, 0.1) is 0 Å². The molecule has 0 fully saturated rings. The highest BCUT2D eigenvalue weighted by Crippen LogP contribution is 2.41. The topological polar surface area (TPSA) is 30.7 Å². The number of hydrogen-bond donors (Lipinski definition) is 0. The lowest BCUT2D eigenvalue weighted by Gasteiger charge is -2.11. The molecule has 4 heteroatoms. The van der Waals surface area contributed by atoms with Gasteiger partial charge in [-0.15, -0.1) is 11.3 Å². The van der Waals surface area contributed by atoms with E-state index in [4.69, 9.17) is 9.97 Å². The van der Waals surface area contributed by atoms with Gasteiger partial charge < -0.3 is 4.57 Å². The van der Waals surface area contributed by atoms with Gasteiger partial charge in [0, 0.05) is 37.7 Å². The van der Waals surface area contributed by atoms with Crippen LogP contribution in [0.15, 0.2) is 176 Å². The first kappa shape index (κ1) is 28.6. The second-order valence-electron chi connectivity index (χ2n) is 12.6. The molecule has 0 atom stereocenters. The van der Waals surface area contributed by atoms with E-state index in [1.54, 1.807) is 11.3 Å². The maximum absolute atomic E-state index is 5.26. The van der Waals surface area contributed by atoms with E-state index in [0.29, 0.717) is 0 Å². The molecule has 3 aromatic heterocycles. The molecule has 3 heterocycles. The van der Waals surface area contributed by atoms with Crippen LogP contribution in [0.4, 0.5) is 0 Å². The molecule has 0 saturated carbocycles. The maximum Gasteiger partial charge on any atom is 0.160 e. The molecule has 0 N–H and O–H groups in total. The summed E-state index contributed by atoms with van der Waals surface area (Å²) in [4.78, 5) is 10.5. The zero-order valence-corrected chi connectivity index (χ0v) is 27.8. The summed E-state index contributed by atoms with van der Waals surface area (Å²) >= 11 is 1.76. The van der Waals surface area contributed by atoms with Crippen LogP contribution in [0.3, 0.4) is 0 Å². The molecule has 10 aromatic rings. The minimum absolute atomic E-state index is 0.722. The van der Waals surface area contributed by atoms with Crippen LogP contribution in [0.25, 0.3) is 92.7 Å². The Morgan fingerprint density at radius 3 is 1.60 bits per heavy atom. The number of nitrogens with zero attached hydrogens (tertiary/aromatic N) is 3. The van der Waals surface area contributed by atoms with Gasteiger partial charge in [0.15, 0.2) is 5.82 Å². The SMILES string of the molecule is c1ccc(-c2ccc3c(c2)c2cc(-c4ccccc4)ccc2n3-c2cccc(-c3nc(-c4ccccc4)c4sc5ccccc5c4n3)c2)cc1. The quantitative estimate of drug-likeness (QED) is 0.185. The lowest BCUT2D eigenvalue weighted by Crippen LogP contribution is -1.97. The van der Waals surface area contributed by atoms with E-state index in [-0.39, 0.29) is 0 Å². The van der Waals surface area contributed by atoms with E-state index in [2.05, 4.69) is 180 Å². The van der Waals surface area contributed by atoms with E-state index >= 15 is 0 Å². The van der Waals surface area contributed by atoms with Gasteiger partial charge in [-0.05, 0) is 64.7 Å². The standard InChI is InChI=1S/C46H29N3S/c1-4-13-30(14-5-1)33-23-25-40-38(28-33)39-29-34(31-15-6-2-7-16-31)24-26-41(39)49(40)36-20-12-19-35(27-36)46-47-43(32-17-8-3-9-18-32)45-44(48-46)37-21-10-11-22-42(37)50-45/h1-29H. The summed E-state index contributed by atoms with van der Waals surface area (Å²) < 4.78 is 4.71. The summed E-state index contributed by atoms with van der Waals surface area (Å²) in [6, 6.07) is 62.6. The van der Waals surface area contributed by atoms with Crippen LogP contribution in [-0.2, 0) is 0 Å². The summed E-state index contributed by atoms with van der Waals surface area (Å²) in [5, 5.41) is 3.60. The van der Waals surface area contributed by atoms with Crippen molar-refractivity contribution in [2.45, 2.75) is 0 Å². The van der Waals surface area contributed by atoms with Gasteiger partial charge in [0.25, 0.3) is 0 Å². The van der Waals surface area contributed by atoms with Crippen molar-refractivity contribution in [1.29, 1.82) is 0 Å². The Balaban J connectivity index is 1.20. The third-order valence-electron chi connectivity index (χ3n) is 9.61. The number of aromatic nitrogens is 3. The fourth-order valence-corrected chi connectivity index (χ4v) is 8.37. The Morgan fingerprint density at radius 1 is 0.400 bits per heavy atom. The third kappa shape index (κ3) is 4.73. The van der Waals surface area contributed by atoms with Crippen LogP contribution in [0.5, 0.6) is 0 Å². The molecule has 0 aliphatic rings. The van der Waals surface area contributed by atoms with E-state index in [9.17, 15) is 0 Å². The average Bonchev–Trinajstić information content (AvgIpc) is 3.74. The number of rotatable bonds is 5. The molecule has 234 valence electrons. The Morgan fingerprint density at radius 2 is 0.960 bits per heavy atom. The second kappa shape index (κ2) is 11.7. The summed E-state index contributed by atoms with van der Waals surface area (Å²) in [7, 11) is 0. The van der Waals surface area contributed by atoms with Gasteiger partial charge in [0.1, 0.15) is 0 Å². The minimum Gasteiger partial charge on any atom is -0.309 e. The van der Waals surface area contributed by atoms with Crippen molar-refractivity contribution in [2.75, 3.05) is 0 Å². The second-order valence-corrected chi connectivity index (χ2v) is 13.7. The number of thiophene rings is 1. The van der Waals surface area contributed by atoms with Crippen molar-refractivity contribution < 1.29 is 0 Å².